The third kappa shape index (κ3) is 4.33. The molecule has 0 N–H and O–H groups in total. The lowest BCUT2D eigenvalue weighted by Gasteiger charge is -2.34. The molecule has 0 amide bonds. The Hall–Kier alpha value is 0.200. The van der Waals surface area contributed by atoms with E-state index >= 15 is 0 Å². The fraction of sp³-hybridized carbons (Fsp3) is 0.625. The van der Waals surface area contributed by atoms with Crippen LogP contribution in [0.4, 0.5) is 0 Å². The van der Waals surface area contributed by atoms with Crippen LogP contribution in [0.25, 0.3) is 0 Å². The first kappa shape index (κ1) is 15.6. The maximum atomic E-state index is 6.36. The quantitative estimate of drug-likeness (QED) is 0.475. The Morgan fingerprint density at radius 1 is 1.21 bits per heavy atom. The van der Waals surface area contributed by atoms with Crippen LogP contribution in [-0.2, 0) is 4.74 Å². The largest absolute Gasteiger partial charge is 0.369 e. The van der Waals surface area contributed by atoms with Gasteiger partial charge < -0.3 is 4.74 Å². The molecule has 1 fully saturated rings. The van der Waals surface area contributed by atoms with Crippen LogP contribution in [0.15, 0.2) is 24.3 Å². The maximum Gasteiger partial charge on any atom is 0.0932 e. The number of ether oxygens (including phenoxy) is 1. The van der Waals surface area contributed by atoms with Gasteiger partial charge >= 0.3 is 0 Å². The second kappa shape index (κ2) is 7.28. The lowest BCUT2D eigenvalue weighted by atomic mass is 9.81. The minimum atomic E-state index is 0.122. The van der Waals surface area contributed by atoms with Crippen LogP contribution in [0.3, 0.4) is 0 Å². The Labute approximate surface area is 135 Å². The Kier molecular flexibility index (Phi) is 5.97. The van der Waals surface area contributed by atoms with Crippen molar-refractivity contribution < 1.29 is 4.74 Å². The smallest absolute Gasteiger partial charge is 0.0932 e. The van der Waals surface area contributed by atoms with Crippen LogP contribution < -0.4 is 0 Å². The van der Waals surface area contributed by atoms with E-state index < -0.39 is 0 Å². The van der Waals surface area contributed by atoms with E-state index in [1.165, 1.54) is 19.3 Å². The molecule has 1 nitrogen and oxygen atoms in total. The zero-order valence-corrected chi connectivity index (χ0v) is 14.5. The van der Waals surface area contributed by atoms with Crippen LogP contribution in [0.1, 0.15) is 44.8 Å². The molecule has 106 valence electrons. The van der Waals surface area contributed by atoms with Crippen LogP contribution in [0.2, 0.25) is 5.02 Å². The van der Waals surface area contributed by atoms with E-state index in [0.29, 0.717) is 6.10 Å². The molecule has 2 rings (SSSR count). The molecule has 19 heavy (non-hydrogen) atoms. The van der Waals surface area contributed by atoms with Crippen LogP contribution in [0, 0.1) is 11.8 Å². The molecular formula is C16H22ClIO. The first-order valence-corrected chi connectivity index (χ1v) is 8.96. The van der Waals surface area contributed by atoms with Crippen molar-refractivity contribution in [2.45, 2.75) is 45.3 Å². The number of alkyl halides is 1. The predicted molar refractivity (Wildman–Crippen MR) is 90.1 cm³/mol. The van der Waals surface area contributed by atoms with Gasteiger partial charge in [0.2, 0.25) is 0 Å². The van der Waals surface area contributed by atoms with Crippen LogP contribution in [0.5, 0.6) is 0 Å². The Bertz CT molecular complexity index is 399. The zero-order chi connectivity index (χ0) is 13.8. The Morgan fingerprint density at radius 2 is 1.84 bits per heavy atom. The molecule has 0 spiro atoms. The summed E-state index contributed by atoms with van der Waals surface area (Å²) in [6.45, 7) is 4.67. The van der Waals surface area contributed by atoms with Crippen molar-refractivity contribution >= 4 is 34.2 Å². The summed E-state index contributed by atoms with van der Waals surface area (Å²) in [7, 11) is 0. The minimum Gasteiger partial charge on any atom is -0.369 e. The molecule has 0 aliphatic heterocycles. The number of benzene rings is 1. The Balaban J connectivity index is 2.05. The normalized spacial score (nSPS) is 29.2. The molecule has 1 saturated carbocycles. The van der Waals surface area contributed by atoms with Gasteiger partial charge in [-0.15, -0.1) is 0 Å². The zero-order valence-electron chi connectivity index (χ0n) is 11.6. The molecule has 3 unspecified atom stereocenters. The van der Waals surface area contributed by atoms with E-state index in [2.05, 4.69) is 42.5 Å². The van der Waals surface area contributed by atoms with Crippen molar-refractivity contribution in [3.8, 4) is 0 Å². The van der Waals surface area contributed by atoms with Gasteiger partial charge in [0.25, 0.3) is 0 Å². The summed E-state index contributed by atoms with van der Waals surface area (Å²) in [5.41, 5.74) is 1.13. The number of halogens is 2. The van der Waals surface area contributed by atoms with Gasteiger partial charge in [-0.3, -0.25) is 0 Å². The Morgan fingerprint density at radius 3 is 2.42 bits per heavy atom. The van der Waals surface area contributed by atoms with Gasteiger partial charge in [0, 0.05) is 15.0 Å². The summed E-state index contributed by atoms with van der Waals surface area (Å²) in [4.78, 5) is 0. The number of rotatable bonds is 4. The fourth-order valence-electron chi connectivity index (χ4n) is 3.15. The molecule has 0 heterocycles. The van der Waals surface area contributed by atoms with E-state index in [0.717, 1.165) is 26.8 Å². The standard InChI is InChI=1S/C16H22ClIO/c1-11-7-12(2)9-13(8-11)19-16(10-18)14-5-3-4-6-15(14)17/h3-6,11-13,16H,7-10H2,1-2H3. The minimum absolute atomic E-state index is 0.122. The fourth-order valence-corrected chi connectivity index (χ4v) is 4.09. The molecule has 3 heteroatoms. The summed E-state index contributed by atoms with van der Waals surface area (Å²) >= 11 is 8.68. The SMILES string of the molecule is CC1CC(C)CC(OC(CI)c2ccccc2Cl)C1. The number of hydrogen-bond donors (Lipinski definition) is 0. The van der Waals surface area contributed by atoms with E-state index in [4.69, 9.17) is 16.3 Å². The third-order valence-electron chi connectivity index (χ3n) is 3.88. The summed E-state index contributed by atoms with van der Waals surface area (Å²) in [6, 6.07) is 8.05. The second-order valence-electron chi connectivity index (χ2n) is 5.84. The lowest BCUT2D eigenvalue weighted by Crippen LogP contribution is -2.28. The van der Waals surface area contributed by atoms with Crippen LogP contribution >= 0.6 is 34.2 Å². The van der Waals surface area contributed by atoms with Gasteiger partial charge in [-0.2, -0.15) is 0 Å². The van der Waals surface area contributed by atoms with Gasteiger partial charge in [-0.1, -0.05) is 66.2 Å². The van der Waals surface area contributed by atoms with Gasteiger partial charge in [0.05, 0.1) is 12.2 Å². The third-order valence-corrected chi connectivity index (χ3v) is 5.03. The molecule has 1 aliphatic carbocycles. The van der Waals surface area contributed by atoms with Crippen molar-refractivity contribution in [2.24, 2.45) is 11.8 Å². The predicted octanol–water partition coefficient (Wildman–Crippen LogP) is 5.66. The monoisotopic (exact) mass is 392 g/mol. The van der Waals surface area contributed by atoms with E-state index in [-0.39, 0.29) is 6.10 Å². The van der Waals surface area contributed by atoms with Crippen molar-refractivity contribution in [2.75, 3.05) is 4.43 Å². The highest BCUT2D eigenvalue weighted by Crippen LogP contribution is 2.35. The summed E-state index contributed by atoms with van der Waals surface area (Å²) < 4.78 is 7.30. The van der Waals surface area contributed by atoms with E-state index in [9.17, 15) is 0 Å². The molecule has 0 saturated heterocycles. The average molecular weight is 393 g/mol. The van der Waals surface area contributed by atoms with Crippen molar-refractivity contribution in [1.82, 2.24) is 0 Å². The molecule has 0 radical (unpaired) electrons. The topological polar surface area (TPSA) is 9.23 Å². The molecule has 0 aromatic heterocycles. The maximum absolute atomic E-state index is 6.36. The summed E-state index contributed by atoms with van der Waals surface area (Å²) in [6.07, 6.45) is 4.21. The highest BCUT2D eigenvalue weighted by Gasteiger charge is 2.27. The number of hydrogen-bond acceptors (Lipinski definition) is 1. The van der Waals surface area contributed by atoms with Crippen LogP contribution in [-0.4, -0.2) is 10.5 Å². The van der Waals surface area contributed by atoms with Gasteiger partial charge in [0.1, 0.15) is 0 Å². The first-order valence-electron chi connectivity index (χ1n) is 7.06. The summed E-state index contributed by atoms with van der Waals surface area (Å²) in [5.74, 6) is 1.55. The van der Waals surface area contributed by atoms with E-state index in [1.54, 1.807) is 0 Å². The van der Waals surface area contributed by atoms with Gasteiger partial charge in [-0.25, -0.2) is 0 Å². The van der Waals surface area contributed by atoms with Crippen molar-refractivity contribution in [3.05, 3.63) is 34.9 Å². The van der Waals surface area contributed by atoms with Crippen molar-refractivity contribution in [1.29, 1.82) is 0 Å². The highest BCUT2D eigenvalue weighted by molar-refractivity contribution is 14.1. The molecule has 1 aliphatic rings. The molecule has 0 bridgehead atoms. The summed E-state index contributed by atoms with van der Waals surface area (Å²) in [5, 5.41) is 0.820. The van der Waals surface area contributed by atoms with Gasteiger partial charge in [-0.05, 0) is 37.2 Å². The lowest BCUT2D eigenvalue weighted by molar-refractivity contribution is -0.0393. The molecule has 3 atom stereocenters. The van der Waals surface area contributed by atoms with E-state index in [1.807, 2.05) is 18.2 Å². The second-order valence-corrected chi connectivity index (χ2v) is 7.13. The van der Waals surface area contributed by atoms with Gasteiger partial charge in [0.15, 0.2) is 0 Å². The van der Waals surface area contributed by atoms with Crippen molar-refractivity contribution in [3.63, 3.8) is 0 Å². The first-order chi connectivity index (χ1) is 9.10. The molecule has 1 aromatic rings. The average Bonchev–Trinajstić information content (AvgIpc) is 2.36. The molecular weight excluding hydrogens is 371 g/mol. The molecule has 1 aromatic carbocycles. The highest BCUT2D eigenvalue weighted by atomic mass is 127.